The number of benzene rings is 2. The fraction of sp³-hybridized carbons (Fsp3) is 0.316. The fourth-order valence-electron chi connectivity index (χ4n) is 3.01. The predicted molar refractivity (Wildman–Crippen MR) is 99.1 cm³/mol. The Labute approximate surface area is 152 Å². The highest BCUT2D eigenvalue weighted by Crippen LogP contribution is 2.38. The summed E-state index contributed by atoms with van der Waals surface area (Å²) in [5.41, 5.74) is 1.65. The number of piperazine rings is 1. The molecule has 1 saturated heterocycles. The van der Waals surface area contributed by atoms with E-state index in [9.17, 15) is 4.79 Å². The third kappa shape index (κ3) is 3.66. The summed E-state index contributed by atoms with van der Waals surface area (Å²) in [5.74, 6) is 1.38. The molecule has 1 aliphatic heterocycles. The number of carbonyl (C=O) groups is 1. The summed E-state index contributed by atoms with van der Waals surface area (Å²) in [5, 5.41) is 0.515. The number of carbonyl (C=O) groups excluding carboxylic acids is 1. The Balaban J connectivity index is 1.73. The van der Waals surface area contributed by atoms with E-state index in [4.69, 9.17) is 21.1 Å². The van der Waals surface area contributed by atoms with Gasteiger partial charge in [0.05, 0.1) is 24.9 Å². The number of anilines is 1. The third-order valence-corrected chi connectivity index (χ3v) is 4.68. The van der Waals surface area contributed by atoms with E-state index in [1.807, 2.05) is 41.3 Å². The highest BCUT2D eigenvalue weighted by atomic mass is 35.5. The number of hydrogen-bond acceptors (Lipinski definition) is 4. The molecule has 0 aliphatic carbocycles. The van der Waals surface area contributed by atoms with Crippen LogP contribution in [0.25, 0.3) is 0 Å². The first-order chi connectivity index (χ1) is 12.1. The van der Waals surface area contributed by atoms with E-state index in [0.29, 0.717) is 29.6 Å². The molecule has 0 N–H and O–H groups in total. The molecule has 1 amide bonds. The Morgan fingerprint density at radius 2 is 1.60 bits per heavy atom. The van der Waals surface area contributed by atoms with Crippen LogP contribution in [0.3, 0.4) is 0 Å². The number of methoxy groups -OCH3 is 2. The summed E-state index contributed by atoms with van der Waals surface area (Å²) >= 11 is 6.18. The lowest BCUT2D eigenvalue weighted by molar-refractivity contribution is 0.0746. The minimum atomic E-state index is 0.0703. The number of amides is 1. The Kier molecular flexibility index (Phi) is 5.34. The maximum Gasteiger partial charge on any atom is 0.253 e. The first-order valence-electron chi connectivity index (χ1n) is 8.15. The minimum Gasteiger partial charge on any atom is -0.495 e. The molecule has 0 saturated carbocycles. The van der Waals surface area contributed by atoms with Crippen LogP contribution in [0.15, 0.2) is 42.5 Å². The minimum absolute atomic E-state index is 0.0703. The summed E-state index contributed by atoms with van der Waals surface area (Å²) in [7, 11) is 3.21. The van der Waals surface area contributed by atoms with Gasteiger partial charge in [0, 0.05) is 43.9 Å². The molecular weight excluding hydrogens is 340 g/mol. The molecule has 5 nitrogen and oxygen atoms in total. The second-order valence-electron chi connectivity index (χ2n) is 5.80. The molecule has 3 rings (SSSR count). The van der Waals surface area contributed by atoms with Crippen LogP contribution >= 0.6 is 11.6 Å². The van der Waals surface area contributed by atoms with Crippen molar-refractivity contribution in [2.75, 3.05) is 45.3 Å². The number of nitrogens with zero attached hydrogens (tertiary/aromatic N) is 2. The molecule has 0 atom stereocenters. The molecule has 0 bridgehead atoms. The highest BCUT2D eigenvalue weighted by molar-refractivity contribution is 6.32. The van der Waals surface area contributed by atoms with Gasteiger partial charge in [-0.25, -0.2) is 0 Å². The summed E-state index contributed by atoms with van der Waals surface area (Å²) in [6.45, 7) is 2.75. The Morgan fingerprint density at radius 1 is 0.960 bits per heavy atom. The van der Waals surface area contributed by atoms with Crippen LogP contribution in [0.2, 0.25) is 5.02 Å². The molecule has 1 aliphatic rings. The maximum atomic E-state index is 12.6. The van der Waals surface area contributed by atoms with Crippen molar-refractivity contribution in [3.05, 3.63) is 53.1 Å². The van der Waals surface area contributed by atoms with Gasteiger partial charge in [0.25, 0.3) is 5.91 Å². The number of rotatable bonds is 4. The lowest BCUT2D eigenvalue weighted by Gasteiger charge is -2.36. The smallest absolute Gasteiger partial charge is 0.253 e. The first-order valence-corrected chi connectivity index (χ1v) is 8.52. The van der Waals surface area contributed by atoms with E-state index in [0.717, 1.165) is 24.3 Å². The summed E-state index contributed by atoms with van der Waals surface area (Å²) in [6.07, 6.45) is 0. The third-order valence-electron chi connectivity index (χ3n) is 4.38. The van der Waals surface area contributed by atoms with Crippen LogP contribution in [0.1, 0.15) is 10.4 Å². The standard InChI is InChI=1S/C19H21ClN2O3/c1-24-17-13-16(18(25-2)12-15(17)20)21-8-10-22(11-9-21)19(23)14-6-4-3-5-7-14/h3-7,12-13H,8-11H2,1-2H3. The van der Waals surface area contributed by atoms with Gasteiger partial charge >= 0.3 is 0 Å². The van der Waals surface area contributed by atoms with Gasteiger partial charge in [0.2, 0.25) is 0 Å². The molecule has 2 aromatic rings. The van der Waals surface area contributed by atoms with Crippen LogP contribution in [0.4, 0.5) is 5.69 Å². The van der Waals surface area contributed by atoms with Crippen LogP contribution in [0.5, 0.6) is 11.5 Å². The average Bonchev–Trinajstić information content (AvgIpc) is 2.68. The number of ether oxygens (including phenoxy) is 2. The van der Waals surface area contributed by atoms with Crippen molar-refractivity contribution in [1.82, 2.24) is 4.90 Å². The van der Waals surface area contributed by atoms with Crippen molar-refractivity contribution >= 4 is 23.2 Å². The number of hydrogen-bond donors (Lipinski definition) is 0. The normalized spacial score (nSPS) is 14.4. The second-order valence-corrected chi connectivity index (χ2v) is 6.21. The zero-order chi connectivity index (χ0) is 17.8. The summed E-state index contributed by atoms with van der Waals surface area (Å²) in [4.78, 5) is 16.6. The van der Waals surface area contributed by atoms with Crippen LogP contribution in [-0.4, -0.2) is 51.2 Å². The van der Waals surface area contributed by atoms with Crippen molar-refractivity contribution in [2.24, 2.45) is 0 Å². The van der Waals surface area contributed by atoms with Gasteiger partial charge in [-0.15, -0.1) is 0 Å². The topological polar surface area (TPSA) is 42.0 Å². The van der Waals surface area contributed by atoms with Crippen LogP contribution in [-0.2, 0) is 0 Å². The molecule has 2 aromatic carbocycles. The molecule has 0 unspecified atom stereocenters. The van der Waals surface area contributed by atoms with Gasteiger partial charge in [-0.3, -0.25) is 4.79 Å². The van der Waals surface area contributed by atoms with E-state index in [1.165, 1.54) is 0 Å². The molecule has 0 radical (unpaired) electrons. The number of halogens is 1. The fourth-order valence-corrected chi connectivity index (χ4v) is 3.24. The second kappa shape index (κ2) is 7.66. The monoisotopic (exact) mass is 360 g/mol. The summed E-state index contributed by atoms with van der Waals surface area (Å²) in [6, 6.07) is 13.0. The van der Waals surface area contributed by atoms with E-state index >= 15 is 0 Å². The van der Waals surface area contributed by atoms with Crippen molar-refractivity contribution in [1.29, 1.82) is 0 Å². The molecule has 1 heterocycles. The van der Waals surface area contributed by atoms with E-state index in [2.05, 4.69) is 4.90 Å². The molecule has 0 spiro atoms. The molecule has 1 fully saturated rings. The van der Waals surface area contributed by atoms with E-state index in [-0.39, 0.29) is 5.91 Å². The van der Waals surface area contributed by atoms with Crippen molar-refractivity contribution in [3.8, 4) is 11.5 Å². The largest absolute Gasteiger partial charge is 0.495 e. The lowest BCUT2D eigenvalue weighted by Crippen LogP contribution is -2.48. The molecule has 6 heteroatoms. The highest BCUT2D eigenvalue weighted by Gasteiger charge is 2.24. The molecular formula is C19H21ClN2O3. The molecule has 132 valence electrons. The molecule has 25 heavy (non-hydrogen) atoms. The average molecular weight is 361 g/mol. The predicted octanol–water partition coefficient (Wildman–Crippen LogP) is 3.32. The van der Waals surface area contributed by atoms with Gasteiger partial charge < -0.3 is 19.3 Å². The van der Waals surface area contributed by atoms with Gasteiger partial charge in [-0.05, 0) is 12.1 Å². The quantitative estimate of drug-likeness (QED) is 0.838. The van der Waals surface area contributed by atoms with E-state index in [1.54, 1.807) is 20.3 Å². The van der Waals surface area contributed by atoms with Gasteiger partial charge in [0.1, 0.15) is 11.5 Å². The van der Waals surface area contributed by atoms with Crippen molar-refractivity contribution in [2.45, 2.75) is 0 Å². The van der Waals surface area contributed by atoms with Gasteiger partial charge in [-0.1, -0.05) is 29.8 Å². The first kappa shape index (κ1) is 17.4. The Bertz CT molecular complexity index is 744. The summed E-state index contributed by atoms with van der Waals surface area (Å²) < 4.78 is 10.8. The Morgan fingerprint density at radius 3 is 2.20 bits per heavy atom. The van der Waals surface area contributed by atoms with Crippen LogP contribution < -0.4 is 14.4 Å². The molecule has 0 aromatic heterocycles. The van der Waals surface area contributed by atoms with E-state index < -0.39 is 0 Å². The van der Waals surface area contributed by atoms with Crippen molar-refractivity contribution < 1.29 is 14.3 Å². The van der Waals surface area contributed by atoms with Gasteiger partial charge in [-0.2, -0.15) is 0 Å². The zero-order valence-corrected chi connectivity index (χ0v) is 15.1. The lowest BCUT2D eigenvalue weighted by atomic mass is 10.1. The van der Waals surface area contributed by atoms with Crippen molar-refractivity contribution in [3.63, 3.8) is 0 Å². The SMILES string of the molecule is COc1cc(N2CCN(C(=O)c3ccccc3)CC2)c(OC)cc1Cl. The van der Waals surface area contributed by atoms with Gasteiger partial charge in [0.15, 0.2) is 0 Å². The maximum absolute atomic E-state index is 12.6. The Hall–Kier alpha value is -2.40. The zero-order valence-electron chi connectivity index (χ0n) is 14.4. The van der Waals surface area contributed by atoms with Crippen LogP contribution in [0, 0.1) is 0 Å².